The van der Waals surface area contributed by atoms with Gasteiger partial charge in [0.05, 0.1) is 11.1 Å². The van der Waals surface area contributed by atoms with Gasteiger partial charge in [-0.1, -0.05) is 0 Å². The van der Waals surface area contributed by atoms with Crippen molar-refractivity contribution in [2.45, 2.75) is 12.5 Å². The van der Waals surface area contributed by atoms with Crippen LogP contribution in [0.1, 0.15) is 27.1 Å². The lowest BCUT2D eigenvalue weighted by atomic mass is 10.2. The van der Waals surface area contributed by atoms with Crippen LogP contribution in [-0.4, -0.2) is 52.5 Å². The van der Waals surface area contributed by atoms with Crippen LogP contribution in [0.5, 0.6) is 0 Å². The first-order valence-electron chi connectivity index (χ1n) is 5.61. The molecule has 0 fully saturated rings. The average molecular weight is 264 g/mol. The van der Waals surface area contributed by atoms with Crippen LogP contribution in [0.4, 0.5) is 0 Å². The monoisotopic (exact) mass is 264 g/mol. The fourth-order valence-electron chi connectivity index (χ4n) is 1.98. The van der Waals surface area contributed by atoms with Gasteiger partial charge in [-0.15, -0.1) is 0 Å². The molecule has 0 radical (unpaired) electrons. The van der Waals surface area contributed by atoms with Crippen LogP contribution >= 0.6 is 0 Å². The molecule has 1 aliphatic heterocycles. The zero-order valence-electron chi connectivity index (χ0n) is 10.2. The largest absolute Gasteiger partial charge is 0.480 e. The quantitative estimate of drug-likeness (QED) is 0.761. The highest BCUT2D eigenvalue weighted by molar-refractivity contribution is 6.22. The van der Waals surface area contributed by atoms with Gasteiger partial charge in [-0.25, -0.2) is 4.79 Å². The maximum atomic E-state index is 12.1. The minimum Gasteiger partial charge on any atom is -0.480 e. The van der Waals surface area contributed by atoms with Gasteiger partial charge in [0.25, 0.3) is 11.8 Å². The van der Waals surface area contributed by atoms with E-state index in [-0.39, 0.29) is 24.2 Å². The number of pyridine rings is 1. The molecule has 0 saturated heterocycles. The lowest BCUT2D eigenvalue weighted by Crippen LogP contribution is -2.45. The molecule has 0 aliphatic carbocycles. The zero-order chi connectivity index (χ0) is 14.0. The first-order chi connectivity index (χ1) is 9.07. The minimum atomic E-state index is -1.24. The van der Waals surface area contributed by atoms with Crippen molar-refractivity contribution in [2.24, 2.45) is 0 Å². The van der Waals surface area contributed by atoms with Crippen LogP contribution in [0, 0.1) is 0 Å². The summed E-state index contributed by atoms with van der Waals surface area (Å²) in [6.45, 7) is 0.141. The number of imide groups is 1. The molecule has 0 bridgehead atoms. The number of aliphatic carboxylic acids is 1. The third-order valence-corrected chi connectivity index (χ3v) is 2.91. The number of rotatable bonds is 5. The molecule has 1 aromatic heterocycles. The van der Waals surface area contributed by atoms with Crippen molar-refractivity contribution in [2.75, 3.05) is 13.7 Å². The first kappa shape index (κ1) is 13.2. The third-order valence-electron chi connectivity index (χ3n) is 2.91. The van der Waals surface area contributed by atoms with E-state index in [1.54, 1.807) is 0 Å². The van der Waals surface area contributed by atoms with Gasteiger partial charge in [0.2, 0.25) is 0 Å². The summed E-state index contributed by atoms with van der Waals surface area (Å²) in [5.74, 6) is -2.47. The number of hydrogen-bond acceptors (Lipinski definition) is 5. The number of fused-ring (bicyclic) bond motifs is 1. The molecular weight excluding hydrogens is 252 g/mol. The number of carbonyl (C=O) groups excluding carboxylic acids is 2. The molecule has 0 spiro atoms. The van der Waals surface area contributed by atoms with E-state index in [1.807, 2.05) is 0 Å². The molecule has 2 rings (SSSR count). The molecular formula is C12H12N2O5. The highest BCUT2D eigenvalue weighted by atomic mass is 16.5. The molecule has 0 saturated carbocycles. The van der Waals surface area contributed by atoms with Crippen molar-refractivity contribution >= 4 is 17.8 Å². The summed E-state index contributed by atoms with van der Waals surface area (Å²) in [7, 11) is 1.42. The predicted molar refractivity (Wildman–Crippen MR) is 62.7 cm³/mol. The molecule has 1 aliphatic rings. The minimum absolute atomic E-state index is 0.0464. The lowest BCUT2D eigenvalue weighted by molar-refractivity contribution is -0.142. The Kier molecular flexibility index (Phi) is 3.57. The summed E-state index contributed by atoms with van der Waals surface area (Å²) in [6.07, 6.45) is 2.70. The topological polar surface area (TPSA) is 96.8 Å². The SMILES string of the molecule is COCCC(C(=O)O)N1C(=O)c2ccncc2C1=O. The summed E-state index contributed by atoms with van der Waals surface area (Å²) in [5, 5.41) is 9.16. The molecule has 100 valence electrons. The van der Waals surface area contributed by atoms with E-state index in [0.717, 1.165) is 4.90 Å². The Balaban J connectivity index is 2.33. The van der Waals surface area contributed by atoms with Crippen LogP contribution < -0.4 is 0 Å². The molecule has 1 N–H and O–H groups in total. The fraction of sp³-hybridized carbons (Fsp3) is 0.333. The van der Waals surface area contributed by atoms with Crippen molar-refractivity contribution in [1.29, 1.82) is 0 Å². The Hall–Kier alpha value is -2.28. The van der Waals surface area contributed by atoms with E-state index in [0.29, 0.717) is 0 Å². The Morgan fingerprint density at radius 2 is 2.11 bits per heavy atom. The van der Waals surface area contributed by atoms with Crippen LogP contribution in [0.25, 0.3) is 0 Å². The molecule has 2 heterocycles. The van der Waals surface area contributed by atoms with Crippen molar-refractivity contribution in [1.82, 2.24) is 9.88 Å². The molecule has 2 amide bonds. The Morgan fingerprint density at radius 1 is 1.42 bits per heavy atom. The summed E-state index contributed by atoms with van der Waals surface area (Å²) >= 11 is 0. The van der Waals surface area contributed by atoms with Gasteiger partial charge in [0.15, 0.2) is 0 Å². The number of hydrogen-bond donors (Lipinski definition) is 1. The molecule has 7 heteroatoms. The highest BCUT2D eigenvalue weighted by Gasteiger charge is 2.42. The van der Waals surface area contributed by atoms with Gasteiger partial charge in [-0.05, 0) is 6.07 Å². The fourth-order valence-corrected chi connectivity index (χ4v) is 1.98. The highest BCUT2D eigenvalue weighted by Crippen LogP contribution is 2.24. The van der Waals surface area contributed by atoms with Gasteiger partial charge in [-0.3, -0.25) is 19.5 Å². The summed E-state index contributed by atoms with van der Waals surface area (Å²) in [5.41, 5.74) is 0.319. The number of carboxylic acid groups (broad SMARTS) is 1. The van der Waals surface area contributed by atoms with Crippen LogP contribution in [0.2, 0.25) is 0 Å². The van der Waals surface area contributed by atoms with E-state index in [4.69, 9.17) is 9.84 Å². The van der Waals surface area contributed by atoms with Gasteiger partial charge < -0.3 is 9.84 Å². The molecule has 0 aromatic carbocycles. The van der Waals surface area contributed by atoms with Crippen molar-refractivity contribution in [3.05, 3.63) is 29.6 Å². The van der Waals surface area contributed by atoms with E-state index in [2.05, 4.69) is 4.98 Å². The Bertz CT molecular complexity index is 508. The summed E-state index contributed by atoms with van der Waals surface area (Å²) < 4.78 is 4.80. The number of ether oxygens (including phenoxy) is 1. The average Bonchev–Trinajstić information content (AvgIpc) is 2.64. The van der Waals surface area contributed by atoms with E-state index >= 15 is 0 Å². The summed E-state index contributed by atoms with van der Waals surface area (Å²) in [6, 6.07) is 0.178. The Morgan fingerprint density at radius 3 is 2.68 bits per heavy atom. The second kappa shape index (κ2) is 5.15. The maximum Gasteiger partial charge on any atom is 0.327 e. The molecule has 7 nitrogen and oxygen atoms in total. The maximum absolute atomic E-state index is 12.1. The molecule has 1 atom stereocenters. The lowest BCUT2D eigenvalue weighted by Gasteiger charge is -2.21. The predicted octanol–water partition coefficient (Wildman–Crippen LogP) is 0.167. The number of carboxylic acids is 1. The third kappa shape index (κ3) is 2.19. The second-order valence-corrected chi connectivity index (χ2v) is 4.04. The van der Waals surface area contributed by atoms with Crippen molar-refractivity contribution < 1.29 is 24.2 Å². The van der Waals surface area contributed by atoms with Crippen LogP contribution in [-0.2, 0) is 9.53 Å². The molecule has 1 unspecified atom stereocenters. The second-order valence-electron chi connectivity index (χ2n) is 4.04. The van der Waals surface area contributed by atoms with E-state index < -0.39 is 23.8 Å². The van der Waals surface area contributed by atoms with Crippen LogP contribution in [0.15, 0.2) is 18.5 Å². The van der Waals surface area contributed by atoms with Gasteiger partial charge in [0, 0.05) is 32.5 Å². The van der Waals surface area contributed by atoms with Crippen molar-refractivity contribution in [3.63, 3.8) is 0 Å². The zero-order valence-corrected chi connectivity index (χ0v) is 10.2. The number of aromatic nitrogens is 1. The molecule has 19 heavy (non-hydrogen) atoms. The first-order valence-corrected chi connectivity index (χ1v) is 5.61. The van der Waals surface area contributed by atoms with E-state index in [1.165, 1.54) is 25.6 Å². The smallest absolute Gasteiger partial charge is 0.327 e. The van der Waals surface area contributed by atoms with Crippen molar-refractivity contribution in [3.8, 4) is 0 Å². The Labute approximate surface area is 108 Å². The van der Waals surface area contributed by atoms with E-state index in [9.17, 15) is 14.4 Å². The van der Waals surface area contributed by atoms with Crippen LogP contribution in [0.3, 0.4) is 0 Å². The standard InChI is InChI=1S/C12H12N2O5/c1-19-5-3-9(12(17)18)14-10(15)7-2-4-13-6-8(7)11(14)16/h2,4,6,9H,3,5H2,1H3,(H,17,18). The normalized spacial score (nSPS) is 15.5. The number of methoxy groups -OCH3 is 1. The number of carbonyl (C=O) groups is 3. The molecule has 1 aromatic rings. The number of amides is 2. The number of nitrogens with zero attached hydrogens (tertiary/aromatic N) is 2. The van der Waals surface area contributed by atoms with Gasteiger partial charge >= 0.3 is 5.97 Å². The summed E-state index contributed by atoms with van der Waals surface area (Å²) in [4.78, 5) is 39.9. The van der Waals surface area contributed by atoms with Gasteiger partial charge in [0.1, 0.15) is 6.04 Å². The van der Waals surface area contributed by atoms with Gasteiger partial charge in [-0.2, -0.15) is 0 Å².